The van der Waals surface area contributed by atoms with E-state index in [0.29, 0.717) is 13.2 Å². The highest BCUT2D eigenvalue weighted by molar-refractivity contribution is 4.86. The van der Waals surface area contributed by atoms with E-state index < -0.39 is 5.60 Å². The maximum Gasteiger partial charge on any atom is 0.0824 e. The summed E-state index contributed by atoms with van der Waals surface area (Å²) in [5, 5.41) is 9.52. The first kappa shape index (κ1) is 12.9. The quantitative estimate of drug-likeness (QED) is 0.703. The smallest absolute Gasteiger partial charge is 0.0824 e. The van der Waals surface area contributed by atoms with Crippen LogP contribution in [0.1, 0.15) is 52.4 Å². The largest absolute Gasteiger partial charge is 0.388 e. The normalized spacial score (nSPS) is 22.4. The maximum atomic E-state index is 9.52. The molecule has 3 heteroatoms. The average Bonchev–Trinajstić information content (AvgIpc) is 2.28. The van der Waals surface area contributed by atoms with Gasteiger partial charge in [0.2, 0.25) is 0 Å². The predicted octanol–water partition coefficient (Wildman–Crippen LogP) is 1.83. The Bertz CT molecular complexity index is 179. The molecule has 0 radical (unpaired) electrons. The first-order valence-electron chi connectivity index (χ1n) is 6.00. The van der Waals surface area contributed by atoms with E-state index in [1.807, 2.05) is 0 Å². The van der Waals surface area contributed by atoms with E-state index >= 15 is 0 Å². The van der Waals surface area contributed by atoms with Crippen molar-refractivity contribution in [2.45, 2.75) is 63.5 Å². The van der Waals surface area contributed by atoms with E-state index in [1.165, 1.54) is 25.7 Å². The third-order valence-corrected chi connectivity index (χ3v) is 2.94. The standard InChI is InChI=1S/C12H25NO2/c1-11(2,14)9-15-10-12(13)7-5-3-4-6-8-12/h14H,3-10,13H2,1-2H3. The average molecular weight is 215 g/mol. The lowest BCUT2D eigenvalue weighted by Crippen LogP contribution is -2.45. The molecular formula is C12H25NO2. The van der Waals surface area contributed by atoms with Crippen molar-refractivity contribution in [1.29, 1.82) is 0 Å². The summed E-state index contributed by atoms with van der Waals surface area (Å²) in [5.74, 6) is 0. The lowest BCUT2D eigenvalue weighted by atomic mass is 9.92. The van der Waals surface area contributed by atoms with Crippen LogP contribution in [-0.2, 0) is 4.74 Å². The Hall–Kier alpha value is -0.120. The van der Waals surface area contributed by atoms with Gasteiger partial charge in [-0.15, -0.1) is 0 Å². The first-order valence-corrected chi connectivity index (χ1v) is 6.00. The minimum atomic E-state index is -0.749. The van der Waals surface area contributed by atoms with E-state index in [2.05, 4.69) is 0 Å². The van der Waals surface area contributed by atoms with Crippen molar-refractivity contribution in [2.24, 2.45) is 5.73 Å². The molecule has 3 nitrogen and oxygen atoms in total. The highest BCUT2D eigenvalue weighted by Crippen LogP contribution is 2.25. The van der Waals surface area contributed by atoms with Gasteiger partial charge in [0.15, 0.2) is 0 Å². The number of ether oxygens (including phenoxy) is 1. The molecule has 3 N–H and O–H groups in total. The molecule has 15 heavy (non-hydrogen) atoms. The summed E-state index contributed by atoms with van der Waals surface area (Å²) < 4.78 is 5.52. The second-order valence-electron chi connectivity index (χ2n) is 5.58. The van der Waals surface area contributed by atoms with Gasteiger partial charge in [-0.1, -0.05) is 25.7 Å². The Balaban J connectivity index is 2.28. The SMILES string of the molecule is CC(C)(O)COCC1(N)CCCCCC1. The fraction of sp³-hybridized carbons (Fsp3) is 1.00. The van der Waals surface area contributed by atoms with Gasteiger partial charge in [0, 0.05) is 5.54 Å². The number of nitrogens with two attached hydrogens (primary N) is 1. The van der Waals surface area contributed by atoms with Crippen molar-refractivity contribution in [3.8, 4) is 0 Å². The molecule has 0 heterocycles. The van der Waals surface area contributed by atoms with Gasteiger partial charge in [0.1, 0.15) is 0 Å². The Morgan fingerprint density at radius 3 is 2.20 bits per heavy atom. The van der Waals surface area contributed by atoms with Crippen LogP contribution < -0.4 is 5.73 Å². The topological polar surface area (TPSA) is 55.5 Å². The summed E-state index contributed by atoms with van der Waals surface area (Å²) in [6, 6.07) is 0. The molecule has 1 aliphatic rings. The molecule has 0 aromatic carbocycles. The third kappa shape index (κ3) is 5.50. The molecule has 0 amide bonds. The van der Waals surface area contributed by atoms with Gasteiger partial charge < -0.3 is 15.6 Å². The van der Waals surface area contributed by atoms with Gasteiger partial charge in [-0.25, -0.2) is 0 Å². The van der Waals surface area contributed by atoms with Gasteiger partial charge >= 0.3 is 0 Å². The minimum Gasteiger partial charge on any atom is -0.388 e. The zero-order valence-corrected chi connectivity index (χ0v) is 10.1. The molecule has 0 aliphatic heterocycles. The lowest BCUT2D eigenvalue weighted by Gasteiger charge is -2.29. The van der Waals surface area contributed by atoms with Gasteiger partial charge in [-0.05, 0) is 26.7 Å². The zero-order chi connectivity index (χ0) is 11.4. The molecule has 0 spiro atoms. The molecule has 1 saturated carbocycles. The van der Waals surface area contributed by atoms with Crippen molar-refractivity contribution in [3.05, 3.63) is 0 Å². The van der Waals surface area contributed by atoms with Gasteiger partial charge in [-0.3, -0.25) is 0 Å². The fourth-order valence-corrected chi connectivity index (χ4v) is 2.08. The number of hydrogen-bond acceptors (Lipinski definition) is 3. The fourth-order valence-electron chi connectivity index (χ4n) is 2.08. The summed E-state index contributed by atoms with van der Waals surface area (Å²) in [6.45, 7) is 4.45. The molecule has 1 aliphatic carbocycles. The lowest BCUT2D eigenvalue weighted by molar-refractivity contribution is -0.0359. The Kier molecular flexibility index (Phi) is 4.56. The number of hydrogen-bond donors (Lipinski definition) is 2. The van der Waals surface area contributed by atoms with Crippen LogP contribution in [0.5, 0.6) is 0 Å². The molecule has 0 atom stereocenters. The Morgan fingerprint density at radius 1 is 1.20 bits per heavy atom. The molecule has 0 bridgehead atoms. The van der Waals surface area contributed by atoms with Crippen molar-refractivity contribution >= 4 is 0 Å². The summed E-state index contributed by atoms with van der Waals surface area (Å²) >= 11 is 0. The van der Waals surface area contributed by atoms with Crippen LogP contribution in [0.2, 0.25) is 0 Å². The molecular weight excluding hydrogens is 190 g/mol. The molecule has 0 aromatic heterocycles. The highest BCUT2D eigenvalue weighted by atomic mass is 16.5. The first-order chi connectivity index (χ1) is 6.91. The zero-order valence-electron chi connectivity index (χ0n) is 10.1. The predicted molar refractivity (Wildman–Crippen MR) is 61.7 cm³/mol. The molecule has 0 saturated heterocycles. The van der Waals surface area contributed by atoms with Crippen LogP contribution in [0.4, 0.5) is 0 Å². The van der Waals surface area contributed by atoms with Crippen molar-refractivity contribution in [3.63, 3.8) is 0 Å². The van der Waals surface area contributed by atoms with E-state index in [1.54, 1.807) is 13.8 Å². The maximum absolute atomic E-state index is 9.52. The summed E-state index contributed by atoms with van der Waals surface area (Å²) in [6.07, 6.45) is 7.12. The molecule has 1 fully saturated rings. The van der Waals surface area contributed by atoms with Crippen LogP contribution in [-0.4, -0.2) is 29.5 Å². The van der Waals surface area contributed by atoms with Crippen LogP contribution in [0.3, 0.4) is 0 Å². The van der Waals surface area contributed by atoms with Crippen molar-refractivity contribution in [1.82, 2.24) is 0 Å². The molecule has 1 rings (SSSR count). The Morgan fingerprint density at radius 2 is 1.73 bits per heavy atom. The highest BCUT2D eigenvalue weighted by Gasteiger charge is 2.27. The van der Waals surface area contributed by atoms with Crippen molar-refractivity contribution in [2.75, 3.05) is 13.2 Å². The molecule has 0 aromatic rings. The van der Waals surface area contributed by atoms with Gasteiger partial charge in [-0.2, -0.15) is 0 Å². The van der Waals surface area contributed by atoms with E-state index in [4.69, 9.17) is 10.5 Å². The second-order valence-corrected chi connectivity index (χ2v) is 5.58. The van der Waals surface area contributed by atoms with E-state index in [-0.39, 0.29) is 5.54 Å². The monoisotopic (exact) mass is 215 g/mol. The van der Waals surface area contributed by atoms with Crippen LogP contribution in [0.25, 0.3) is 0 Å². The van der Waals surface area contributed by atoms with E-state index in [9.17, 15) is 5.11 Å². The van der Waals surface area contributed by atoms with Crippen molar-refractivity contribution < 1.29 is 9.84 Å². The van der Waals surface area contributed by atoms with Gasteiger partial charge in [0.05, 0.1) is 18.8 Å². The number of aliphatic hydroxyl groups is 1. The number of rotatable bonds is 4. The van der Waals surface area contributed by atoms with Crippen LogP contribution >= 0.6 is 0 Å². The Labute approximate surface area is 93.0 Å². The third-order valence-electron chi connectivity index (χ3n) is 2.94. The summed E-state index contributed by atoms with van der Waals surface area (Å²) in [4.78, 5) is 0. The summed E-state index contributed by atoms with van der Waals surface area (Å²) in [5.41, 5.74) is 5.38. The molecule has 0 unspecified atom stereocenters. The van der Waals surface area contributed by atoms with Gasteiger partial charge in [0.25, 0.3) is 0 Å². The summed E-state index contributed by atoms with van der Waals surface area (Å²) in [7, 11) is 0. The van der Waals surface area contributed by atoms with E-state index in [0.717, 1.165) is 12.8 Å². The molecule has 90 valence electrons. The minimum absolute atomic E-state index is 0.151. The van der Waals surface area contributed by atoms with Crippen LogP contribution in [0, 0.1) is 0 Å². The second kappa shape index (κ2) is 5.28. The van der Waals surface area contributed by atoms with Crippen LogP contribution in [0.15, 0.2) is 0 Å².